The third-order valence-electron chi connectivity index (χ3n) is 3.36. The van der Waals surface area contributed by atoms with Crippen molar-refractivity contribution in [2.24, 2.45) is 0 Å². The van der Waals surface area contributed by atoms with Crippen LogP contribution in [-0.2, 0) is 4.74 Å². The highest BCUT2D eigenvalue weighted by molar-refractivity contribution is 5.23. The van der Waals surface area contributed by atoms with E-state index < -0.39 is 47.3 Å². The van der Waals surface area contributed by atoms with Gasteiger partial charge in [-0.15, -0.1) is 5.92 Å². The molecule has 5 atom stereocenters. The topological polar surface area (TPSA) is 105 Å². The van der Waals surface area contributed by atoms with Gasteiger partial charge in [-0.1, -0.05) is 5.92 Å². The Hall–Kier alpha value is -2.02. The van der Waals surface area contributed by atoms with E-state index in [2.05, 4.69) is 11.8 Å². The maximum Gasteiger partial charge on any atom is 0.330 e. The normalized spacial score (nSPS) is 32.4. The highest BCUT2D eigenvalue weighted by Crippen LogP contribution is 2.41. The molecule has 1 aliphatic heterocycles. The van der Waals surface area contributed by atoms with Gasteiger partial charge in [0.15, 0.2) is 6.23 Å². The summed E-state index contributed by atoms with van der Waals surface area (Å²) >= 11 is 0. The molecule has 0 aliphatic carbocycles. The third kappa shape index (κ3) is 2.45. The van der Waals surface area contributed by atoms with E-state index in [-0.39, 0.29) is 0 Å². The molecule has 1 aromatic heterocycles. The standard InChI is InChI=1S/C13H14F2N2O5/c1-3-4-13(15)9(19)8(6(2)18)22-11(13)17-5-7(14)10(20)16-12(17)21/h5-6,8-9,11,18-19H,1-2H3,(H,16,20,21)/t6-,8+,9-,11+,13?/m0/s1. The van der Waals surface area contributed by atoms with Gasteiger partial charge in [-0.25, -0.2) is 9.18 Å². The number of nitrogens with one attached hydrogen (secondary N) is 1. The number of H-pyrrole nitrogens is 1. The predicted molar refractivity (Wildman–Crippen MR) is 70.2 cm³/mol. The van der Waals surface area contributed by atoms with Crippen LogP contribution in [0.25, 0.3) is 0 Å². The fraction of sp³-hybridized carbons (Fsp3) is 0.538. The average molecular weight is 316 g/mol. The van der Waals surface area contributed by atoms with Crippen LogP contribution in [0.15, 0.2) is 15.8 Å². The smallest absolute Gasteiger partial charge is 0.330 e. The van der Waals surface area contributed by atoms with E-state index in [1.165, 1.54) is 13.8 Å². The summed E-state index contributed by atoms with van der Waals surface area (Å²) < 4.78 is 34.0. The highest BCUT2D eigenvalue weighted by atomic mass is 19.1. The first-order valence-electron chi connectivity index (χ1n) is 6.37. The first-order valence-corrected chi connectivity index (χ1v) is 6.37. The molecule has 2 heterocycles. The zero-order valence-corrected chi connectivity index (χ0v) is 11.7. The number of alkyl halides is 1. The Balaban J connectivity index is 2.61. The van der Waals surface area contributed by atoms with E-state index in [0.717, 1.165) is 0 Å². The molecule has 0 saturated carbocycles. The summed E-state index contributed by atoms with van der Waals surface area (Å²) in [5, 5.41) is 19.5. The van der Waals surface area contributed by atoms with E-state index in [9.17, 15) is 24.2 Å². The molecule has 0 radical (unpaired) electrons. The Morgan fingerprint density at radius 1 is 1.55 bits per heavy atom. The molecule has 2 rings (SSSR count). The summed E-state index contributed by atoms with van der Waals surface area (Å²) in [5.74, 6) is 3.02. The van der Waals surface area contributed by atoms with E-state index in [0.29, 0.717) is 10.8 Å². The minimum atomic E-state index is -2.76. The molecule has 120 valence electrons. The second-order valence-electron chi connectivity index (χ2n) is 4.93. The number of rotatable bonds is 2. The molecule has 7 nitrogen and oxygen atoms in total. The third-order valence-corrected chi connectivity index (χ3v) is 3.36. The molecule has 9 heteroatoms. The van der Waals surface area contributed by atoms with Crippen LogP contribution < -0.4 is 11.2 Å². The first kappa shape index (κ1) is 16.4. The molecule has 0 aromatic carbocycles. The first-order chi connectivity index (χ1) is 10.2. The minimum Gasteiger partial charge on any atom is -0.391 e. The number of aromatic nitrogens is 2. The van der Waals surface area contributed by atoms with Crippen molar-refractivity contribution in [3.63, 3.8) is 0 Å². The Morgan fingerprint density at radius 2 is 2.18 bits per heavy atom. The second kappa shape index (κ2) is 5.64. The quantitative estimate of drug-likeness (QED) is 0.610. The van der Waals surface area contributed by atoms with E-state index in [4.69, 9.17) is 4.74 Å². The number of aromatic amines is 1. The number of nitrogens with zero attached hydrogens (tertiary/aromatic N) is 1. The predicted octanol–water partition coefficient (Wildman–Crippen LogP) is -0.954. The highest BCUT2D eigenvalue weighted by Gasteiger charge is 2.59. The molecule has 1 aliphatic rings. The molecule has 1 unspecified atom stereocenters. The molecule has 1 saturated heterocycles. The molecule has 3 N–H and O–H groups in total. The maximum atomic E-state index is 15.0. The summed E-state index contributed by atoms with van der Waals surface area (Å²) in [6.07, 6.45) is -5.87. The van der Waals surface area contributed by atoms with Gasteiger partial charge in [-0.05, 0) is 13.8 Å². The molecular formula is C13H14F2N2O5. The van der Waals surface area contributed by atoms with Crippen LogP contribution in [0.4, 0.5) is 8.78 Å². The van der Waals surface area contributed by atoms with Gasteiger partial charge in [-0.2, -0.15) is 4.39 Å². The van der Waals surface area contributed by atoms with Crippen LogP contribution in [0.2, 0.25) is 0 Å². The van der Waals surface area contributed by atoms with Crippen LogP contribution in [0.1, 0.15) is 20.1 Å². The lowest BCUT2D eigenvalue weighted by molar-refractivity contribution is -0.0806. The molecule has 22 heavy (non-hydrogen) atoms. The average Bonchev–Trinajstić information content (AvgIpc) is 2.68. The summed E-state index contributed by atoms with van der Waals surface area (Å²) in [6.45, 7) is 2.56. The lowest BCUT2D eigenvalue weighted by Crippen LogP contribution is -2.46. The SMILES string of the molecule is CC#CC1(F)[C@@H](O)[C@@H]([C@H](C)O)O[C@H]1n1cc(F)c(=O)[nH]c1=O. The van der Waals surface area contributed by atoms with Gasteiger partial charge in [0, 0.05) is 0 Å². The van der Waals surface area contributed by atoms with Crippen molar-refractivity contribution in [3.8, 4) is 11.8 Å². The zero-order valence-electron chi connectivity index (χ0n) is 11.7. The van der Waals surface area contributed by atoms with Crippen LogP contribution in [0, 0.1) is 17.7 Å². The molecule has 1 aromatic rings. The van der Waals surface area contributed by atoms with Crippen molar-refractivity contribution in [2.75, 3.05) is 0 Å². The van der Waals surface area contributed by atoms with Crippen molar-refractivity contribution in [3.05, 3.63) is 32.9 Å². The molecule has 0 spiro atoms. The molecule has 0 amide bonds. The van der Waals surface area contributed by atoms with Crippen LogP contribution >= 0.6 is 0 Å². The minimum absolute atomic E-state index is 0.451. The molecular weight excluding hydrogens is 302 g/mol. The van der Waals surface area contributed by atoms with Crippen molar-refractivity contribution >= 4 is 0 Å². The van der Waals surface area contributed by atoms with Crippen molar-refractivity contribution < 1.29 is 23.7 Å². The van der Waals surface area contributed by atoms with Gasteiger partial charge < -0.3 is 14.9 Å². The van der Waals surface area contributed by atoms with Crippen molar-refractivity contribution in [2.45, 2.75) is 44.1 Å². The Bertz CT molecular complexity index is 747. The lowest BCUT2D eigenvalue weighted by atomic mass is 9.94. The Labute approximate surface area is 123 Å². The van der Waals surface area contributed by atoms with Crippen LogP contribution in [0.5, 0.6) is 0 Å². The summed E-state index contributed by atoms with van der Waals surface area (Å²) in [6, 6.07) is 0. The number of halogens is 2. The maximum absolute atomic E-state index is 15.0. The lowest BCUT2D eigenvalue weighted by Gasteiger charge is -2.24. The van der Waals surface area contributed by atoms with Crippen LogP contribution in [-0.4, -0.2) is 43.7 Å². The summed E-state index contributed by atoms with van der Waals surface area (Å²) in [7, 11) is 0. The van der Waals surface area contributed by atoms with E-state index in [1.54, 1.807) is 4.98 Å². The number of hydrogen-bond acceptors (Lipinski definition) is 5. The van der Waals surface area contributed by atoms with Gasteiger partial charge in [0.05, 0.1) is 12.3 Å². The Kier molecular flexibility index (Phi) is 4.19. The van der Waals surface area contributed by atoms with Crippen molar-refractivity contribution in [1.29, 1.82) is 0 Å². The summed E-state index contributed by atoms with van der Waals surface area (Å²) in [4.78, 5) is 24.5. The van der Waals surface area contributed by atoms with Gasteiger partial charge in [0.25, 0.3) is 5.56 Å². The van der Waals surface area contributed by atoms with E-state index in [1.807, 2.05) is 0 Å². The second-order valence-corrected chi connectivity index (χ2v) is 4.93. The molecule has 0 bridgehead atoms. The van der Waals surface area contributed by atoms with Crippen molar-refractivity contribution in [1.82, 2.24) is 9.55 Å². The monoisotopic (exact) mass is 316 g/mol. The number of hydrogen-bond donors (Lipinski definition) is 3. The molecule has 1 fully saturated rings. The fourth-order valence-electron chi connectivity index (χ4n) is 2.32. The largest absolute Gasteiger partial charge is 0.391 e. The fourth-order valence-corrected chi connectivity index (χ4v) is 2.32. The van der Waals surface area contributed by atoms with Gasteiger partial charge in [-0.3, -0.25) is 14.3 Å². The Morgan fingerprint density at radius 3 is 2.73 bits per heavy atom. The van der Waals surface area contributed by atoms with E-state index >= 15 is 4.39 Å². The zero-order chi connectivity index (χ0) is 16.7. The van der Waals surface area contributed by atoms with Crippen LogP contribution in [0.3, 0.4) is 0 Å². The number of ether oxygens (including phenoxy) is 1. The van der Waals surface area contributed by atoms with Gasteiger partial charge in [0.1, 0.15) is 12.2 Å². The van der Waals surface area contributed by atoms with Gasteiger partial charge in [0.2, 0.25) is 11.5 Å². The van der Waals surface area contributed by atoms with Gasteiger partial charge >= 0.3 is 5.69 Å². The number of aliphatic hydroxyl groups is 2. The number of aliphatic hydroxyl groups excluding tert-OH is 2. The summed E-state index contributed by atoms with van der Waals surface area (Å²) in [5.41, 5.74) is -5.15.